The zero-order chi connectivity index (χ0) is 22.9. The molecule has 3 aliphatic heterocycles. The molecule has 0 unspecified atom stereocenters. The van der Waals surface area contributed by atoms with E-state index in [4.69, 9.17) is 14.0 Å². The molecular weight excluding hydrogens is 421 g/mol. The molecule has 3 aromatic rings. The van der Waals surface area contributed by atoms with Gasteiger partial charge in [-0.3, -0.25) is 0 Å². The van der Waals surface area contributed by atoms with Crippen molar-refractivity contribution in [3.05, 3.63) is 93.3 Å². The van der Waals surface area contributed by atoms with Crippen molar-refractivity contribution < 1.29 is 14.0 Å². The monoisotopic (exact) mass is 445 g/mol. The van der Waals surface area contributed by atoms with Crippen LogP contribution in [0, 0.1) is 0 Å². The highest BCUT2D eigenvalue weighted by Crippen LogP contribution is 2.45. The van der Waals surface area contributed by atoms with Gasteiger partial charge >= 0.3 is 18.5 Å². The van der Waals surface area contributed by atoms with Gasteiger partial charge in [-0.15, -0.1) is 0 Å². The third-order valence-electron chi connectivity index (χ3n) is 7.16. The Balaban J connectivity index is 1.45. The fraction of sp³-hybridized carbons (Fsp3) is 0.333. The average Bonchev–Trinajstić information content (AvgIpc) is 3.41. The minimum atomic E-state index is -0.869. The molecule has 0 spiro atoms. The van der Waals surface area contributed by atoms with Gasteiger partial charge < -0.3 is 14.0 Å². The van der Waals surface area contributed by atoms with Gasteiger partial charge in [0, 0.05) is 7.11 Å². The highest BCUT2D eigenvalue weighted by atomic mass is 16.7. The van der Waals surface area contributed by atoms with Crippen molar-refractivity contribution in [2.75, 3.05) is 7.11 Å². The average molecular weight is 445 g/mol. The van der Waals surface area contributed by atoms with E-state index in [-0.39, 0.29) is 17.5 Å². The van der Waals surface area contributed by atoms with Crippen LogP contribution >= 0.6 is 0 Å². The van der Waals surface area contributed by atoms with Crippen LogP contribution in [-0.4, -0.2) is 40.4 Å². The van der Waals surface area contributed by atoms with Crippen molar-refractivity contribution in [1.82, 2.24) is 13.9 Å². The summed E-state index contributed by atoms with van der Waals surface area (Å²) in [6.45, 7) is 3.89. The van der Waals surface area contributed by atoms with Crippen molar-refractivity contribution in [2.45, 2.75) is 43.7 Å². The van der Waals surface area contributed by atoms with Crippen LogP contribution in [0.1, 0.15) is 31.6 Å². The number of aromatic nitrogens is 3. The molecule has 4 aliphatic rings. The molecule has 1 fully saturated rings. The predicted molar refractivity (Wildman–Crippen MR) is 123 cm³/mol. The van der Waals surface area contributed by atoms with Crippen LogP contribution < -0.4 is 16.8 Å². The molecule has 0 N–H and O–H groups in total. The Morgan fingerprint density at radius 1 is 1.03 bits per heavy atom. The highest BCUT2D eigenvalue weighted by molar-refractivity contribution is 6.62. The summed E-state index contributed by atoms with van der Waals surface area (Å²) >= 11 is 0. The van der Waals surface area contributed by atoms with Gasteiger partial charge in [0.15, 0.2) is 0 Å². The predicted octanol–water partition coefficient (Wildman–Crippen LogP) is 1.53. The zero-order valence-electron chi connectivity index (χ0n) is 18.6. The quantitative estimate of drug-likeness (QED) is 0.450. The van der Waals surface area contributed by atoms with Gasteiger partial charge in [0.2, 0.25) is 0 Å². The molecule has 1 aliphatic carbocycles. The van der Waals surface area contributed by atoms with Crippen molar-refractivity contribution in [1.29, 1.82) is 0 Å². The van der Waals surface area contributed by atoms with E-state index in [0.717, 1.165) is 11.0 Å². The second-order valence-corrected chi connectivity index (χ2v) is 8.96. The first-order valence-electron chi connectivity index (χ1n) is 11.1. The number of para-hydroxylation sites is 1. The maximum atomic E-state index is 13.5. The maximum Gasteiger partial charge on any atom is 0.495 e. The molecule has 9 heteroatoms. The highest BCUT2D eigenvalue weighted by Gasteiger charge is 2.60. The molecule has 33 heavy (non-hydrogen) atoms. The second kappa shape index (κ2) is 7.18. The first-order valence-corrected chi connectivity index (χ1v) is 11.1. The van der Waals surface area contributed by atoms with E-state index in [1.807, 2.05) is 56.3 Å². The topological polar surface area (TPSA) is 76.6 Å². The number of hydrogen-bond donors (Lipinski definition) is 0. The van der Waals surface area contributed by atoms with E-state index >= 15 is 0 Å². The van der Waals surface area contributed by atoms with Crippen LogP contribution in [0.2, 0.25) is 0 Å². The Kier molecular flexibility index (Phi) is 4.45. The Morgan fingerprint density at radius 3 is 2.52 bits per heavy atom. The van der Waals surface area contributed by atoms with Gasteiger partial charge in [0.1, 0.15) is 11.6 Å². The fourth-order valence-electron chi connectivity index (χ4n) is 5.42. The maximum absolute atomic E-state index is 13.5. The van der Waals surface area contributed by atoms with E-state index in [1.54, 1.807) is 31.4 Å². The zero-order valence-corrected chi connectivity index (χ0v) is 18.6. The van der Waals surface area contributed by atoms with E-state index in [0.29, 0.717) is 5.69 Å². The van der Waals surface area contributed by atoms with E-state index in [9.17, 15) is 9.59 Å². The summed E-state index contributed by atoms with van der Waals surface area (Å²) in [5, 5.41) is 0. The summed E-state index contributed by atoms with van der Waals surface area (Å²) in [5.74, 6) is 0. The molecule has 0 radical (unpaired) electrons. The molecule has 5 atom stereocenters. The van der Waals surface area contributed by atoms with Crippen LogP contribution in [0.15, 0.2) is 76.3 Å². The van der Waals surface area contributed by atoms with Gasteiger partial charge in [-0.25, -0.2) is 23.5 Å². The van der Waals surface area contributed by atoms with Gasteiger partial charge in [-0.1, -0.05) is 54.6 Å². The van der Waals surface area contributed by atoms with E-state index in [2.05, 4.69) is 0 Å². The van der Waals surface area contributed by atoms with Gasteiger partial charge in [-0.2, -0.15) is 0 Å². The Morgan fingerprint density at radius 2 is 1.76 bits per heavy atom. The number of ether oxygens (including phenoxy) is 1. The second-order valence-electron chi connectivity index (χ2n) is 8.96. The first-order chi connectivity index (χ1) is 16.0. The van der Waals surface area contributed by atoms with Gasteiger partial charge in [0.25, 0.3) is 0 Å². The minimum Gasteiger partial charge on any atom is -0.399 e. The standard InChI is InChI=1S/C24H24BN3O5/c1-15(31-3)17-11-7-8-12-18(17)25-32-20-19-13-14-24(2,21(20)33-25)28-23(30)26(22(29)27(19)28)16-9-5-4-6-10-16/h4-15,19-21H,1-3H3/t15-,19+,20+,21+,24-/m1/s1. The summed E-state index contributed by atoms with van der Waals surface area (Å²) in [4.78, 5) is 27.0. The molecule has 1 aromatic heterocycles. The first kappa shape index (κ1) is 20.5. The lowest BCUT2D eigenvalue weighted by Gasteiger charge is -2.47. The van der Waals surface area contributed by atoms with E-state index in [1.165, 1.54) is 13.9 Å². The molecule has 2 aromatic carbocycles. The third kappa shape index (κ3) is 2.70. The normalized spacial score (nSPS) is 28.1. The summed E-state index contributed by atoms with van der Waals surface area (Å²) in [6, 6.07) is 16.4. The lowest BCUT2D eigenvalue weighted by Crippen LogP contribution is -2.62. The number of methoxy groups -OCH3 is 1. The summed E-state index contributed by atoms with van der Waals surface area (Å²) < 4.78 is 22.7. The summed E-state index contributed by atoms with van der Waals surface area (Å²) in [6.07, 6.45) is 2.96. The lowest BCUT2D eigenvalue weighted by molar-refractivity contribution is -0.0208. The molecule has 168 valence electrons. The van der Waals surface area contributed by atoms with Crippen LogP contribution in [0.3, 0.4) is 0 Å². The van der Waals surface area contributed by atoms with Gasteiger partial charge in [-0.05, 0) is 37.0 Å². The van der Waals surface area contributed by atoms with Crippen molar-refractivity contribution >= 4 is 12.6 Å². The van der Waals surface area contributed by atoms with Crippen molar-refractivity contribution in [2.24, 2.45) is 0 Å². The van der Waals surface area contributed by atoms with Crippen LogP contribution in [0.4, 0.5) is 0 Å². The molecule has 0 saturated carbocycles. The van der Waals surface area contributed by atoms with Crippen molar-refractivity contribution in [3.63, 3.8) is 0 Å². The number of nitrogens with zero attached hydrogens (tertiary/aromatic N) is 3. The molecule has 1 saturated heterocycles. The number of hydrogen-bond acceptors (Lipinski definition) is 5. The fourth-order valence-corrected chi connectivity index (χ4v) is 5.42. The van der Waals surface area contributed by atoms with Crippen molar-refractivity contribution in [3.8, 4) is 5.69 Å². The van der Waals surface area contributed by atoms with Gasteiger partial charge in [0.05, 0.1) is 24.0 Å². The summed E-state index contributed by atoms with van der Waals surface area (Å²) in [7, 11) is 1.05. The lowest BCUT2D eigenvalue weighted by atomic mass is 9.75. The Labute approximate surface area is 190 Å². The molecule has 0 amide bonds. The molecular formula is C24H24BN3O5. The van der Waals surface area contributed by atoms with Crippen LogP contribution in [-0.2, 0) is 19.6 Å². The van der Waals surface area contributed by atoms with Crippen LogP contribution in [0.25, 0.3) is 5.69 Å². The minimum absolute atomic E-state index is 0.129. The molecule has 4 heterocycles. The third-order valence-corrected chi connectivity index (χ3v) is 7.16. The Bertz CT molecular complexity index is 1380. The molecule has 8 nitrogen and oxygen atoms in total. The Hall–Kier alpha value is -3.14. The SMILES string of the molecule is CO[C@H](C)c1ccccc1B1O[C@H]2[C@@H]3C=C[C@](C)([C@H]2O1)n1c(=O)n(-c2ccccc2)c(=O)n13. The number of benzene rings is 2. The summed E-state index contributed by atoms with van der Waals surface area (Å²) in [5.41, 5.74) is 0.775. The largest absolute Gasteiger partial charge is 0.495 e. The molecule has 7 rings (SSSR count). The smallest absolute Gasteiger partial charge is 0.399 e. The van der Waals surface area contributed by atoms with Crippen LogP contribution in [0.5, 0.6) is 0 Å². The van der Waals surface area contributed by atoms with E-state index < -0.39 is 30.9 Å². The number of rotatable bonds is 4. The molecule has 2 bridgehead atoms.